The van der Waals surface area contributed by atoms with E-state index in [2.05, 4.69) is 9.97 Å². The van der Waals surface area contributed by atoms with Crippen molar-refractivity contribution < 1.29 is 13.0 Å². The summed E-state index contributed by atoms with van der Waals surface area (Å²) in [7, 11) is -3.47. The fourth-order valence-electron chi connectivity index (χ4n) is 2.38. The zero-order chi connectivity index (χ0) is 17.1. The van der Waals surface area contributed by atoms with E-state index in [-0.39, 0.29) is 15.5 Å². The molecule has 2 aliphatic rings. The molecule has 1 aromatic rings. The molecule has 1 N–H and O–H groups in total. The molecule has 0 radical (unpaired) electrons. The van der Waals surface area contributed by atoms with Gasteiger partial charge in [0.2, 0.25) is 0 Å². The fraction of sp³-hybridized carbons (Fsp3) is 0.231. The lowest BCUT2D eigenvalue weighted by Gasteiger charge is -2.14. The predicted octanol–water partition coefficient (Wildman–Crippen LogP) is -0.137. The monoisotopic (exact) mass is 336 g/mol. The lowest BCUT2D eigenvalue weighted by Crippen LogP contribution is -2.42. The molecule has 0 amide bonds. The van der Waals surface area contributed by atoms with Gasteiger partial charge in [0.05, 0.1) is 11.0 Å². The number of rotatable bonds is 1. The molecule has 0 atom stereocenters. The van der Waals surface area contributed by atoms with Gasteiger partial charge in [-0.2, -0.15) is 13.4 Å². The van der Waals surface area contributed by atoms with Gasteiger partial charge in [0.15, 0.2) is 11.5 Å². The molecule has 0 aliphatic carbocycles. The Morgan fingerprint density at radius 1 is 1.09 bits per heavy atom. The molecular formula is C13H12N4O5S. The van der Waals surface area contributed by atoms with Crippen LogP contribution in [0.15, 0.2) is 21.7 Å². The van der Waals surface area contributed by atoms with Gasteiger partial charge in [-0.05, 0) is 37.1 Å². The SMILES string of the molecule is Cc1cc2nc3c(=O)n(S(=O)(=O)O)c(=O)nc-3n(C)c2cc1C. The third-order valence-corrected chi connectivity index (χ3v) is 4.49. The molecule has 0 unspecified atom stereocenters. The van der Waals surface area contributed by atoms with Crippen LogP contribution in [-0.4, -0.2) is 31.5 Å². The third-order valence-electron chi connectivity index (χ3n) is 3.71. The van der Waals surface area contributed by atoms with Crippen LogP contribution < -0.4 is 11.2 Å². The minimum Gasteiger partial charge on any atom is -0.325 e. The number of hydrogen-bond donors (Lipinski definition) is 1. The Hall–Kier alpha value is -2.59. The summed E-state index contributed by atoms with van der Waals surface area (Å²) in [5.74, 6) is -0.0596. The van der Waals surface area contributed by atoms with Crippen LogP contribution in [0.4, 0.5) is 0 Å². The molecule has 9 nitrogen and oxygen atoms in total. The van der Waals surface area contributed by atoms with E-state index in [4.69, 9.17) is 4.55 Å². The van der Waals surface area contributed by atoms with Crippen molar-refractivity contribution in [3.63, 3.8) is 0 Å². The largest absolute Gasteiger partial charge is 0.370 e. The highest BCUT2D eigenvalue weighted by molar-refractivity contribution is 7.84. The molecule has 2 heterocycles. The van der Waals surface area contributed by atoms with Gasteiger partial charge >= 0.3 is 16.0 Å². The normalized spacial score (nSPS) is 12.2. The maximum absolute atomic E-state index is 12.3. The van der Waals surface area contributed by atoms with E-state index >= 15 is 0 Å². The van der Waals surface area contributed by atoms with Crippen LogP contribution in [-0.2, 0) is 17.4 Å². The molecule has 0 bridgehead atoms. The summed E-state index contributed by atoms with van der Waals surface area (Å²) in [6.45, 7) is 3.78. The van der Waals surface area contributed by atoms with E-state index in [1.54, 1.807) is 13.1 Å². The molecule has 10 heteroatoms. The van der Waals surface area contributed by atoms with Crippen LogP contribution in [0.5, 0.6) is 0 Å². The molecule has 120 valence electrons. The lowest BCUT2D eigenvalue weighted by atomic mass is 10.1. The van der Waals surface area contributed by atoms with Gasteiger partial charge in [-0.15, -0.1) is 3.97 Å². The van der Waals surface area contributed by atoms with Crippen LogP contribution in [0.1, 0.15) is 11.1 Å². The van der Waals surface area contributed by atoms with E-state index in [0.717, 1.165) is 11.1 Å². The van der Waals surface area contributed by atoms with Gasteiger partial charge in [0.25, 0.3) is 5.56 Å². The summed E-state index contributed by atoms with van der Waals surface area (Å²) in [6, 6.07) is 3.57. The van der Waals surface area contributed by atoms with E-state index in [1.165, 1.54) is 4.57 Å². The first-order chi connectivity index (χ1) is 10.6. The standard InChI is InChI=1S/C13H12N4O5S/c1-6-4-8-9(5-7(6)2)16(3)11-10(14-8)12(18)17(13(19)15-11)23(20,21)22/h4-5H,1-3H3,(H,20,21,22). The topological polar surface area (TPSA) is 124 Å². The highest BCUT2D eigenvalue weighted by Gasteiger charge is 2.25. The predicted molar refractivity (Wildman–Crippen MR) is 82.1 cm³/mol. The van der Waals surface area contributed by atoms with Crippen molar-refractivity contribution in [1.29, 1.82) is 0 Å². The van der Waals surface area contributed by atoms with Crippen molar-refractivity contribution in [3.05, 3.63) is 44.1 Å². The van der Waals surface area contributed by atoms with E-state index in [0.29, 0.717) is 11.0 Å². The molecule has 0 saturated heterocycles. The molecular weight excluding hydrogens is 324 g/mol. The van der Waals surface area contributed by atoms with E-state index in [1.807, 2.05) is 19.9 Å². The second-order valence-electron chi connectivity index (χ2n) is 5.21. The quantitative estimate of drug-likeness (QED) is 0.484. The Labute approximate surface area is 130 Å². The Bertz CT molecular complexity index is 1160. The van der Waals surface area contributed by atoms with Crippen LogP contribution in [0.3, 0.4) is 0 Å². The van der Waals surface area contributed by atoms with Crippen LogP contribution in [0, 0.1) is 13.8 Å². The average Bonchev–Trinajstić information content (AvgIpc) is 2.41. The first-order valence-corrected chi connectivity index (χ1v) is 7.89. The fourth-order valence-corrected chi connectivity index (χ4v) is 2.92. The number of aryl methyl sites for hydroxylation is 3. The highest BCUT2D eigenvalue weighted by Crippen LogP contribution is 2.22. The van der Waals surface area contributed by atoms with Crippen molar-refractivity contribution in [3.8, 4) is 11.5 Å². The van der Waals surface area contributed by atoms with Crippen molar-refractivity contribution in [2.45, 2.75) is 13.8 Å². The summed E-state index contributed by atoms with van der Waals surface area (Å²) in [5, 5.41) is 0. The average molecular weight is 336 g/mol. The molecule has 0 aromatic heterocycles. The van der Waals surface area contributed by atoms with Crippen molar-refractivity contribution in [2.24, 2.45) is 7.05 Å². The van der Waals surface area contributed by atoms with Crippen molar-refractivity contribution in [2.75, 3.05) is 0 Å². The zero-order valence-corrected chi connectivity index (χ0v) is 13.2. The lowest BCUT2D eigenvalue weighted by molar-refractivity contribution is 0.467. The van der Waals surface area contributed by atoms with E-state index in [9.17, 15) is 18.0 Å². The molecule has 2 aliphatic heterocycles. The minimum absolute atomic E-state index is 0.0596. The van der Waals surface area contributed by atoms with Gasteiger partial charge < -0.3 is 4.57 Å². The van der Waals surface area contributed by atoms with Gasteiger partial charge in [0, 0.05) is 7.05 Å². The third kappa shape index (κ3) is 2.23. The van der Waals surface area contributed by atoms with E-state index < -0.39 is 21.6 Å². The van der Waals surface area contributed by atoms with Crippen LogP contribution in [0.25, 0.3) is 22.6 Å². The molecule has 23 heavy (non-hydrogen) atoms. The number of hydrogen-bond acceptors (Lipinski definition) is 6. The van der Waals surface area contributed by atoms with Gasteiger partial charge in [-0.3, -0.25) is 9.35 Å². The summed E-state index contributed by atoms with van der Waals surface area (Å²) in [4.78, 5) is 31.7. The molecule has 1 aromatic carbocycles. The summed E-state index contributed by atoms with van der Waals surface area (Å²) in [5.41, 5.74) is 0.0686. The zero-order valence-electron chi connectivity index (χ0n) is 12.4. The Morgan fingerprint density at radius 3 is 2.30 bits per heavy atom. The Kier molecular flexibility index (Phi) is 3.13. The number of fused-ring (bicyclic) bond motifs is 2. The first-order valence-electron chi connectivity index (χ1n) is 6.50. The maximum atomic E-state index is 12.3. The molecule has 0 fully saturated rings. The molecule has 0 spiro atoms. The number of aromatic nitrogens is 4. The Balaban J connectivity index is 2.61. The van der Waals surface area contributed by atoms with Crippen LogP contribution in [0.2, 0.25) is 0 Å². The number of nitrogens with zero attached hydrogens (tertiary/aromatic N) is 4. The van der Waals surface area contributed by atoms with Crippen molar-refractivity contribution >= 4 is 21.3 Å². The van der Waals surface area contributed by atoms with Gasteiger partial charge in [0.1, 0.15) is 0 Å². The van der Waals surface area contributed by atoms with Gasteiger partial charge in [-0.1, -0.05) is 0 Å². The van der Waals surface area contributed by atoms with Crippen LogP contribution >= 0.6 is 0 Å². The second-order valence-corrected chi connectivity index (χ2v) is 6.47. The smallest absolute Gasteiger partial charge is 0.325 e. The summed E-state index contributed by atoms with van der Waals surface area (Å²) in [6.07, 6.45) is 0. The highest BCUT2D eigenvalue weighted by atomic mass is 32.2. The van der Waals surface area contributed by atoms with Gasteiger partial charge in [-0.25, -0.2) is 9.78 Å². The summed E-state index contributed by atoms with van der Waals surface area (Å²) < 4.78 is 32.6. The molecule has 0 saturated carbocycles. The Morgan fingerprint density at radius 2 is 1.70 bits per heavy atom. The second kappa shape index (κ2) is 4.70. The maximum Gasteiger partial charge on any atom is 0.370 e. The first kappa shape index (κ1) is 15.3. The summed E-state index contributed by atoms with van der Waals surface area (Å²) >= 11 is 0. The number of benzene rings is 1. The minimum atomic E-state index is -5.06. The molecule has 3 rings (SSSR count). The van der Waals surface area contributed by atoms with Crippen molar-refractivity contribution in [1.82, 2.24) is 18.5 Å².